The Balaban J connectivity index is 1.64. The van der Waals surface area contributed by atoms with Crippen molar-refractivity contribution < 1.29 is 17.9 Å². The molecule has 2 aliphatic rings. The fourth-order valence-corrected chi connectivity index (χ4v) is 4.58. The molecule has 24 heavy (non-hydrogen) atoms. The zero-order valence-corrected chi connectivity index (χ0v) is 15.2. The molecule has 0 spiro atoms. The molecule has 0 bridgehead atoms. The lowest BCUT2D eigenvalue weighted by Gasteiger charge is -2.34. The lowest BCUT2D eigenvalue weighted by molar-refractivity contribution is -0.134. The largest absolute Gasteiger partial charge is 0.497 e. The van der Waals surface area contributed by atoms with Crippen molar-refractivity contribution in [3.8, 4) is 5.75 Å². The van der Waals surface area contributed by atoms with Crippen molar-refractivity contribution in [2.75, 3.05) is 33.3 Å². The number of carbonyl (C=O) groups is 1. The van der Waals surface area contributed by atoms with Crippen LogP contribution in [-0.2, 0) is 14.8 Å². The number of rotatable bonds is 4. The number of sulfonamides is 1. The maximum Gasteiger partial charge on any atom is 0.243 e. The summed E-state index contributed by atoms with van der Waals surface area (Å²) in [5.74, 6) is 0.889. The molecule has 3 rings (SSSR count). The number of hydrogen-bond donors (Lipinski definition) is 0. The van der Waals surface area contributed by atoms with E-state index in [0.717, 1.165) is 6.42 Å². The van der Waals surface area contributed by atoms with Crippen molar-refractivity contribution in [1.29, 1.82) is 0 Å². The first-order chi connectivity index (χ1) is 11.3. The summed E-state index contributed by atoms with van der Waals surface area (Å²) in [5, 5.41) is 0. The smallest absolute Gasteiger partial charge is 0.243 e. The van der Waals surface area contributed by atoms with E-state index in [1.807, 2.05) is 0 Å². The third kappa shape index (κ3) is 3.15. The predicted octanol–water partition coefficient (Wildman–Crippen LogP) is 1.57. The van der Waals surface area contributed by atoms with Gasteiger partial charge < -0.3 is 9.64 Å². The molecule has 1 aliphatic carbocycles. The van der Waals surface area contributed by atoms with Crippen LogP contribution in [0.25, 0.3) is 0 Å². The average molecular weight is 352 g/mol. The lowest BCUT2D eigenvalue weighted by Crippen LogP contribution is -2.51. The molecule has 0 aromatic heterocycles. The van der Waals surface area contributed by atoms with Crippen LogP contribution < -0.4 is 4.74 Å². The Bertz CT molecular complexity index is 719. The number of amides is 1. The Morgan fingerprint density at radius 1 is 1.12 bits per heavy atom. The molecule has 132 valence electrons. The SMILES string of the molecule is COc1ccc(S(=O)(=O)N2CCN(C(=O)C3CC3(C)C)CC2)cc1. The number of methoxy groups -OCH3 is 1. The van der Waals surface area contributed by atoms with Crippen LogP contribution in [0.15, 0.2) is 29.2 Å². The summed E-state index contributed by atoms with van der Waals surface area (Å²) in [4.78, 5) is 14.5. The maximum absolute atomic E-state index is 12.7. The Hall–Kier alpha value is -1.60. The first-order valence-electron chi connectivity index (χ1n) is 8.19. The van der Waals surface area contributed by atoms with E-state index in [9.17, 15) is 13.2 Å². The maximum atomic E-state index is 12.7. The van der Waals surface area contributed by atoms with Crippen LogP contribution in [0.4, 0.5) is 0 Å². The molecule has 1 amide bonds. The summed E-state index contributed by atoms with van der Waals surface area (Å²) in [6, 6.07) is 6.39. The molecule has 1 heterocycles. The highest BCUT2D eigenvalue weighted by Crippen LogP contribution is 2.52. The van der Waals surface area contributed by atoms with E-state index in [0.29, 0.717) is 31.9 Å². The summed E-state index contributed by atoms with van der Waals surface area (Å²) in [6.07, 6.45) is 0.927. The molecule has 1 saturated heterocycles. The Morgan fingerprint density at radius 3 is 2.12 bits per heavy atom. The summed E-state index contributed by atoms with van der Waals surface area (Å²) >= 11 is 0. The zero-order chi connectivity index (χ0) is 17.5. The van der Waals surface area contributed by atoms with E-state index < -0.39 is 10.0 Å². The van der Waals surface area contributed by atoms with Gasteiger partial charge in [-0.2, -0.15) is 4.31 Å². The standard InChI is InChI=1S/C17H24N2O4S/c1-17(2)12-15(17)16(20)18-8-10-19(11-9-18)24(21,22)14-6-4-13(23-3)5-7-14/h4-7,15H,8-12H2,1-3H3. The van der Waals surface area contributed by atoms with Crippen LogP contribution in [0.2, 0.25) is 0 Å². The summed E-state index contributed by atoms with van der Waals surface area (Å²) in [5.41, 5.74) is 0.101. The molecule has 2 fully saturated rings. The van der Waals surface area contributed by atoms with Crippen LogP contribution >= 0.6 is 0 Å². The van der Waals surface area contributed by atoms with Gasteiger partial charge in [0.2, 0.25) is 15.9 Å². The van der Waals surface area contributed by atoms with Crippen LogP contribution in [0.5, 0.6) is 5.75 Å². The Kier molecular flexibility index (Phi) is 4.34. The van der Waals surface area contributed by atoms with Crippen LogP contribution in [0.3, 0.4) is 0 Å². The molecular weight excluding hydrogens is 328 g/mol. The highest BCUT2D eigenvalue weighted by Gasteiger charge is 2.52. The lowest BCUT2D eigenvalue weighted by atomic mass is 10.1. The molecule has 1 atom stereocenters. The van der Waals surface area contributed by atoms with E-state index in [1.165, 1.54) is 4.31 Å². The number of benzene rings is 1. The quantitative estimate of drug-likeness (QED) is 0.825. The van der Waals surface area contributed by atoms with Crippen LogP contribution in [0, 0.1) is 11.3 Å². The predicted molar refractivity (Wildman–Crippen MR) is 90.2 cm³/mol. The van der Waals surface area contributed by atoms with Crippen LogP contribution in [-0.4, -0.2) is 56.8 Å². The van der Waals surface area contributed by atoms with E-state index in [-0.39, 0.29) is 22.1 Å². The van der Waals surface area contributed by atoms with Crippen molar-refractivity contribution in [2.45, 2.75) is 25.2 Å². The second-order valence-electron chi connectivity index (χ2n) is 7.15. The fraction of sp³-hybridized carbons (Fsp3) is 0.588. The van der Waals surface area contributed by atoms with Crippen molar-refractivity contribution in [3.63, 3.8) is 0 Å². The van der Waals surface area contributed by atoms with Gasteiger partial charge in [0.25, 0.3) is 0 Å². The molecule has 1 aliphatic heterocycles. The minimum atomic E-state index is -3.52. The molecule has 0 N–H and O–H groups in total. The van der Waals surface area contributed by atoms with E-state index in [4.69, 9.17) is 4.74 Å². The van der Waals surface area contributed by atoms with Gasteiger partial charge >= 0.3 is 0 Å². The van der Waals surface area contributed by atoms with Crippen molar-refractivity contribution in [1.82, 2.24) is 9.21 Å². The monoisotopic (exact) mass is 352 g/mol. The minimum Gasteiger partial charge on any atom is -0.497 e. The highest BCUT2D eigenvalue weighted by molar-refractivity contribution is 7.89. The van der Waals surface area contributed by atoms with E-state index in [1.54, 1.807) is 36.3 Å². The van der Waals surface area contributed by atoms with Gasteiger partial charge in [0.1, 0.15) is 5.75 Å². The Labute approximate surface area is 143 Å². The molecule has 6 nitrogen and oxygen atoms in total. The summed E-state index contributed by atoms with van der Waals surface area (Å²) in [6.45, 7) is 5.79. The number of nitrogens with zero attached hydrogens (tertiary/aromatic N) is 2. The molecule has 1 saturated carbocycles. The second-order valence-corrected chi connectivity index (χ2v) is 9.09. The second kappa shape index (κ2) is 6.04. The van der Waals surface area contributed by atoms with Gasteiger partial charge in [0, 0.05) is 32.1 Å². The normalized spacial score (nSPS) is 23.8. The van der Waals surface area contributed by atoms with Crippen molar-refractivity contribution >= 4 is 15.9 Å². The molecule has 1 unspecified atom stereocenters. The van der Waals surface area contributed by atoms with Gasteiger partial charge in [0.05, 0.1) is 12.0 Å². The number of piperazine rings is 1. The topological polar surface area (TPSA) is 66.9 Å². The van der Waals surface area contributed by atoms with Gasteiger partial charge in [-0.25, -0.2) is 8.42 Å². The number of ether oxygens (including phenoxy) is 1. The van der Waals surface area contributed by atoms with Crippen LogP contribution in [0.1, 0.15) is 20.3 Å². The van der Waals surface area contributed by atoms with Crippen molar-refractivity contribution in [2.24, 2.45) is 11.3 Å². The third-order valence-corrected chi connectivity index (χ3v) is 6.97. The van der Waals surface area contributed by atoms with Gasteiger partial charge in [0.15, 0.2) is 0 Å². The summed E-state index contributed by atoms with van der Waals surface area (Å²) in [7, 11) is -1.98. The van der Waals surface area contributed by atoms with Gasteiger partial charge in [-0.1, -0.05) is 13.8 Å². The first-order valence-corrected chi connectivity index (χ1v) is 9.63. The van der Waals surface area contributed by atoms with Gasteiger partial charge in [-0.15, -0.1) is 0 Å². The summed E-state index contributed by atoms with van der Waals surface area (Å²) < 4.78 is 31.9. The fourth-order valence-electron chi connectivity index (χ4n) is 3.15. The molecular formula is C17H24N2O4S. The molecule has 1 aromatic carbocycles. The average Bonchev–Trinajstić information content (AvgIpc) is 3.23. The molecule has 7 heteroatoms. The molecule has 0 radical (unpaired) electrons. The third-order valence-electron chi connectivity index (χ3n) is 5.06. The minimum absolute atomic E-state index is 0.0993. The first kappa shape index (κ1) is 17.2. The highest BCUT2D eigenvalue weighted by atomic mass is 32.2. The van der Waals surface area contributed by atoms with Crippen molar-refractivity contribution in [3.05, 3.63) is 24.3 Å². The zero-order valence-electron chi connectivity index (χ0n) is 14.4. The van der Waals surface area contributed by atoms with E-state index >= 15 is 0 Å². The Morgan fingerprint density at radius 2 is 1.67 bits per heavy atom. The van der Waals surface area contributed by atoms with Gasteiger partial charge in [-0.05, 0) is 36.1 Å². The molecule has 1 aromatic rings. The van der Waals surface area contributed by atoms with Gasteiger partial charge in [-0.3, -0.25) is 4.79 Å². The van der Waals surface area contributed by atoms with E-state index in [2.05, 4.69) is 13.8 Å². The number of hydrogen-bond acceptors (Lipinski definition) is 4. The number of carbonyl (C=O) groups excluding carboxylic acids is 1.